The fraction of sp³-hybridized carbons (Fsp3) is 1.00. The molecule has 1 heterocycles. The van der Waals surface area contributed by atoms with Crippen LogP contribution < -0.4 is 5.32 Å². The zero-order chi connectivity index (χ0) is 14.4. The molecule has 1 N–H and O–H groups in total. The second-order valence-corrected chi connectivity index (χ2v) is 6.37. The van der Waals surface area contributed by atoms with Crippen LogP contribution >= 0.6 is 0 Å². The molecule has 0 radical (unpaired) electrons. The van der Waals surface area contributed by atoms with Gasteiger partial charge in [0.25, 0.3) is 0 Å². The lowest BCUT2D eigenvalue weighted by atomic mass is 9.84. The highest BCUT2D eigenvalue weighted by Gasteiger charge is 2.35. The van der Waals surface area contributed by atoms with Crippen molar-refractivity contribution in [1.29, 1.82) is 0 Å². The first-order valence-corrected chi connectivity index (χ1v) is 8.29. The number of nitrogens with zero attached hydrogens (tertiary/aromatic N) is 1. The van der Waals surface area contributed by atoms with Gasteiger partial charge in [-0.05, 0) is 31.7 Å². The normalized spacial score (nSPS) is 35.5. The van der Waals surface area contributed by atoms with Gasteiger partial charge in [-0.15, -0.1) is 0 Å². The van der Waals surface area contributed by atoms with Crippen LogP contribution in [0.15, 0.2) is 0 Å². The van der Waals surface area contributed by atoms with Gasteiger partial charge in [-0.2, -0.15) is 0 Å². The van der Waals surface area contributed by atoms with Crippen LogP contribution in [0.3, 0.4) is 0 Å². The van der Waals surface area contributed by atoms with E-state index < -0.39 is 0 Å². The maximum atomic E-state index is 5.54. The van der Waals surface area contributed by atoms with Gasteiger partial charge in [-0.1, -0.05) is 19.8 Å². The van der Waals surface area contributed by atoms with E-state index in [0.29, 0.717) is 6.04 Å². The Morgan fingerprint density at radius 3 is 2.30 bits per heavy atom. The van der Waals surface area contributed by atoms with Crippen molar-refractivity contribution in [2.45, 2.75) is 57.3 Å². The summed E-state index contributed by atoms with van der Waals surface area (Å²) in [4.78, 5) is 2.54. The summed E-state index contributed by atoms with van der Waals surface area (Å²) >= 11 is 0. The molecule has 118 valence electrons. The molecule has 4 unspecified atom stereocenters. The van der Waals surface area contributed by atoms with E-state index in [2.05, 4.69) is 17.1 Å². The van der Waals surface area contributed by atoms with Crippen LogP contribution in [-0.4, -0.2) is 63.5 Å². The maximum absolute atomic E-state index is 5.54. The summed E-state index contributed by atoms with van der Waals surface area (Å²) in [6, 6.07) is 0.714. The molecule has 0 spiro atoms. The second kappa shape index (κ2) is 8.32. The summed E-state index contributed by atoms with van der Waals surface area (Å²) < 4.78 is 11.1. The van der Waals surface area contributed by atoms with Crippen LogP contribution in [-0.2, 0) is 9.47 Å². The largest absolute Gasteiger partial charge is 0.377 e. The van der Waals surface area contributed by atoms with E-state index in [1.165, 1.54) is 38.6 Å². The number of nitrogens with one attached hydrogen (secondary N) is 1. The van der Waals surface area contributed by atoms with Crippen molar-refractivity contribution in [1.82, 2.24) is 10.2 Å². The Morgan fingerprint density at radius 2 is 1.70 bits per heavy atom. The van der Waals surface area contributed by atoms with Crippen LogP contribution in [0.1, 0.15) is 39.0 Å². The summed E-state index contributed by atoms with van der Waals surface area (Å²) in [5.74, 6) is 0.795. The Morgan fingerprint density at radius 1 is 1.05 bits per heavy atom. The van der Waals surface area contributed by atoms with Gasteiger partial charge >= 0.3 is 0 Å². The van der Waals surface area contributed by atoms with Crippen molar-refractivity contribution < 1.29 is 9.47 Å². The molecule has 4 atom stereocenters. The van der Waals surface area contributed by atoms with Crippen molar-refractivity contribution in [2.24, 2.45) is 5.92 Å². The highest BCUT2D eigenvalue weighted by atomic mass is 16.5. The monoisotopic (exact) mass is 284 g/mol. The van der Waals surface area contributed by atoms with Crippen LogP contribution in [0, 0.1) is 5.92 Å². The van der Waals surface area contributed by atoms with E-state index >= 15 is 0 Å². The summed E-state index contributed by atoms with van der Waals surface area (Å²) in [7, 11) is 3.60. The first-order valence-electron chi connectivity index (χ1n) is 8.29. The Bertz CT molecular complexity index is 263. The minimum atomic E-state index is 0.241. The highest BCUT2D eigenvalue weighted by Crippen LogP contribution is 2.27. The molecule has 20 heavy (non-hydrogen) atoms. The number of methoxy groups -OCH3 is 2. The van der Waals surface area contributed by atoms with Gasteiger partial charge in [0.05, 0.1) is 12.2 Å². The number of hydrogen-bond donors (Lipinski definition) is 1. The van der Waals surface area contributed by atoms with Gasteiger partial charge in [0, 0.05) is 39.9 Å². The zero-order valence-corrected chi connectivity index (χ0v) is 13.4. The molecule has 0 aromatic heterocycles. The third kappa shape index (κ3) is 4.17. The summed E-state index contributed by atoms with van der Waals surface area (Å²) in [5, 5.41) is 3.76. The average Bonchev–Trinajstić information content (AvgIpc) is 2.88. The Balaban J connectivity index is 1.84. The lowest BCUT2D eigenvalue weighted by Crippen LogP contribution is -2.44. The number of likely N-dealkylation sites (tertiary alicyclic amines) is 1. The standard InChI is InChI=1S/C16H32N2O2/c1-4-9-17-14-8-6-5-7-13(14)10-18-11-15(19-2)16(12-18)20-3/h13-17H,4-12H2,1-3H3. The van der Waals surface area contributed by atoms with E-state index in [4.69, 9.17) is 9.47 Å². The van der Waals surface area contributed by atoms with Crippen LogP contribution in [0.4, 0.5) is 0 Å². The number of ether oxygens (including phenoxy) is 2. The Kier molecular flexibility index (Phi) is 6.75. The molecule has 2 fully saturated rings. The van der Waals surface area contributed by atoms with Gasteiger partial charge in [0.15, 0.2) is 0 Å². The van der Waals surface area contributed by atoms with Gasteiger partial charge in [0.2, 0.25) is 0 Å². The lowest BCUT2D eigenvalue weighted by molar-refractivity contribution is -0.00461. The number of hydrogen-bond acceptors (Lipinski definition) is 4. The second-order valence-electron chi connectivity index (χ2n) is 6.37. The van der Waals surface area contributed by atoms with E-state index in [1.807, 2.05) is 0 Å². The fourth-order valence-electron chi connectivity index (χ4n) is 3.78. The first-order chi connectivity index (χ1) is 9.78. The fourth-order valence-corrected chi connectivity index (χ4v) is 3.78. The van der Waals surface area contributed by atoms with Crippen LogP contribution in [0.25, 0.3) is 0 Å². The quantitative estimate of drug-likeness (QED) is 0.774. The minimum absolute atomic E-state index is 0.241. The Labute approximate surface area is 124 Å². The molecule has 1 aliphatic carbocycles. The molecular formula is C16H32N2O2. The molecule has 0 aromatic rings. The van der Waals surface area contributed by atoms with Gasteiger partial charge in [0.1, 0.15) is 0 Å². The van der Waals surface area contributed by atoms with Gasteiger partial charge < -0.3 is 14.8 Å². The predicted octanol–water partition coefficient (Wildman–Crippen LogP) is 1.89. The summed E-state index contributed by atoms with van der Waals surface area (Å²) in [5.41, 5.74) is 0. The highest BCUT2D eigenvalue weighted by molar-refractivity contribution is 4.90. The topological polar surface area (TPSA) is 33.7 Å². The van der Waals surface area contributed by atoms with E-state index in [9.17, 15) is 0 Å². The van der Waals surface area contributed by atoms with Crippen molar-refractivity contribution in [3.8, 4) is 0 Å². The van der Waals surface area contributed by atoms with Crippen LogP contribution in [0.2, 0.25) is 0 Å². The van der Waals surface area contributed by atoms with Crippen molar-refractivity contribution in [3.05, 3.63) is 0 Å². The average molecular weight is 284 g/mol. The third-order valence-corrected chi connectivity index (χ3v) is 4.95. The maximum Gasteiger partial charge on any atom is 0.0971 e. The van der Waals surface area contributed by atoms with Crippen LogP contribution in [0.5, 0.6) is 0 Å². The molecular weight excluding hydrogens is 252 g/mol. The van der Waals surface area contributed by atoms with Crippen molar-refractivity contribution >= 4 is 0 Å². The SMILES string of the molecule is CCCNC1CCCCC1CN1CC(OC)C(OC)C1. The van der Waals surface area contributed by atoms with E-state index in [1.54, 1.807) is 14.2 Å². The molecule has 1 saturated heterocycles. The lowest BCUT2D eigenvalue weighted by Gasteiger charge is -2.35. The molecule has 0 bridgehead atoms. The first kappa shape index (κ1) is 16.2. The zero-order valence-electron chi connectivity index (χ0n) is 13.4. The Hall–Kier alpha value is -0.160. The third-order valence-electron chi connectivity index (χ3n) is 4.95. The number of rotatable bonds is 7. The van der Waals surface area contributed by atoms with Gasteiger partial charge in [-0.25, -0.2) is 0 Å². The smallest absolute Gasteiger partial charge is 0.0971 e. The predicted molar refractivity (Wildman–Crippen MR) is 82.1 cm³/mol. The van der Waals surface area contributed by atoms with E-state index in [-0.39, 0.29) is 12.2 Å². The van der Waals surface area contributed by atoms with Crippen molar-refractivity contribution in [3.63, 3.8) is 0 Å². The molecule has 1 saturated carbocycles. The molecule has 4 heteroatoms. The molecule has 1 aliphatic heterocycles. The van der Waals surface area contributed by atoms with Gasteiger partial charge in [-0.3, -0.25) is 4.90 Å². The molecule has 4 nitrogen and oxygen atoms in total. The molecule has 0 amide bonds. The molecule has 0 aromatic carbocycles. The molecule has 2 aliphatic rings. The summed E-state index contributed by atoms with van der Waals surface area (Å²) in [6.45, 7) is 6.64. The van der Waals surface area contributed by atoms with Crippen molar-refractivity contribution in [2.75, 3.05) is 40.4 Å². The molecule has 2 rings (SSSR count). The minimum Gasteiger partial charge on any atom is -0.377 e. The summed E-state index contributed by atoms with van der Waals surface area (Å²) in [6.07, 6.45) is 7.21. The van der Waals surface area contributed by atoms with E-state index in [0.717, 1.165) is 25.6 Å².